The molecule has 1 aromatic carbocycles. The number of nitrogens with two attached hydrogens (primary N) is 1. The first-order valence-corrected chi connectivity index (χ1v) is 11.0. The maximum Gasteiger partial charge on any atom is 0.435 e. The molecule has 4 heterocycles. The van der Waals surface area contributed by atoms with Crippen molar-refractivity contribution in [2.45, 2.75) is 32.0 Å². The van der Waals surface area contributed by atoms with Gasteiger partial charge in [-0.3, -0.25) is 4.68 Å². The van der Waals surface area contributed by atoms with Gasteiger partial charge in [0, 0.05) is 23.5 Å². The van der Waals surface area contributed by atoms with E-state index in [0.29, 0.717) is 25.9 Å². The Bertz CT molecular complexity index is 1420. The van der Waals surface area contributed by atoms with Crippen LogP contribution < -0.4 is 11.1 Å². The fraction of sp³-hybridized carbons (Fsp3) is 0.318. The van der Waals surface area contributed by atoms with Crippen molar-refractivity contribution in [3.63, 3.8) is 0 Å². The van der Waals surface area contributed by atoms with Crippen LogP contribution in [0.4, 0.5) is 27.8 Å². The van der Waals surface area contributed by atoms with Gasteiger partial charge in [-0.25, -0.2) is 13.8 Å². The molecule has 0 amide bonds. The molecule has 0 radical (unpaired) electrons. The van der Waals surface area contributed by atoms with Gasteiger partial charge in [0.15, 0.2) is 23.2 Å². The second-order valence-electron chi connectivity index (χ2n) is 8.45. The summed E-state index contributed by atoms with van der Waals surface area (Å²) in [7, 11) is 0. The Kier molecular flexibility index (Phi) is 5.90. The molecule has 36 heavy (non-hydrogen) atoms. The van der Waals surface area contributed by atoms with E-state index in [1.54, 1.807) is 0 Å². The van der Waals surface area contributed by atoms with E-state index in [9.17, 15) is 22.0 Å². The molecule has 0 aliphatic carbocycles. The molecule has 14 heteroatoms. The van der Waals surface area contributed by atoms with Crippen molar-refractivity contribution < 1.29 is 22.0 Å². The summed E-state index contributed by atoms with van der Waals surface area (Å²) in [5.41, 5.74) is 4.65. The van der Waals surface area contributed by atoms with Gasteiger partial charge in [0.2, 0.25) is 0 Å². The van der Waals surface area contributed by atoms with E-state index in [2.05, 4.69) is 30.9 Å². The van der Waals surface area contributed by atoms with Crippen molar-refractivity contribution in [3.05, 3.63) is 53.5 Å². The molecule has 0 bridgehead atoms. The van der Waals surface area contributed by atoms with Gasteiger partial charge in [0.1, 0.15) is 11.5 Å². The lowest BCUT2D eigenvalue weighted by Crippen LogP contribution is -2.29. The van der Waals surface area contributed by atoms with Crippen LogP contribution in [-0.4, -0.2) is 48.1 Å². The van der Waals surface area contributed by atoms with Crippen LogP contribution in [0.15, 0.2) is 30.6 Å². The van der Waals surface area contributed by atoms with Crippen LogP contribution in [0.2, 0.25) is 0 Å². The first-order chi connectivity index (χ1) is 17.1. The number of anilines is 1. The zero-order chi connectivity index (χ0) is 25.6. The van der Waals surface area contributed by atoms with Crippen molar-refractivity contribution in [2.24, 2.45) is 0 Å². The number of halogens is 5. The number of benzene rings is 1. The molecular formula is C22H20F5N9. The molecule has 5 rings (SSSR count). The summed E-state index contributed by atoms with van der Waals surface area (Å²) in [4.78, 5) is 4.03. The smallest absolute Gasteiger partial charge is 0.383 e. The fourth-order valence-electron chi connectivity index (χ4n) is 4.19. The van der Waals surface area contributed by atoms with E-state index in [-0.39, 0.29) is 45.6 Å². The Morgan fingerprint density at radius 2 is 1.83 bits per heavy atom. The minimum atomic E-state index is -4.72. The lowest BCUT2D eigenvalue weighted by atomic mass is 10.0. The highest BCUT2D eigenvalue weighted by Gasteiger charge is 2.38. The lowest BCUT2D eigenvalue weighted by Gasteiger charge is -2.22. The molecule has 0 saturated carbocycles. The van der Waals surface area contributed by atoms with Crippen LogP contribution >= 0.6 is 0 Å². The number of piperidine rings is 1. The summed E-state index contributed by atoms with van der Waals surface area (Å²) in [5, 5.41) is 18.1. The van der Waals surface area contributed by atoms with Crippen LogP contribution in [-0.2, 0) is 6.18 Å². The first kappa shape index (κ1) is 23.8. The van der Waals surface area contributed by atoms with Crippen molar-refractivity contribution in [1.29, 1.82) is 0 Å². The molecule has 0 atom stereocenters. The van der Waals surface area contributed by atoms with E-state index in [1.165, 1.54) is 42.2 Å². The average Bonchev–Trinajstić information content (AvgIpc) is 3.52. The number of nitrogens with one attached hydrogen (secondary N) is 1. The quantitative estimate of drug-likeness (QED) is 0.407. The first-order valence-electron chi connectivity index (χ1n) is 11.0. The molecule has 3 aromatic heterocycles. The number of aryl methyl sites for hydroxylation is 1. The van der Waals surface area contributed by atoms with Gasteiger partial charge in [-0.05, 0) is 61.0 Å². The number of nitrogen functional groups attached to an aromatic ring is 1. The van der Waals surface area contributed by atoms with Gasteiger partial charge in [-0.1, -0.05) is 6.07 Å². The molecule has 1 aliphatic heterocycles. The molecule has 1 aliphatic rings. The number of rotatable bonds is 4. The van der Waals surface area contributed by atoms with Gasteiger partial charge in [-0.2, -0.15) is 23.0 Å². The Morgan fingerprint density at radius 3 is 2.56 bits per heavy atom. The van der Waals surface area contributed by atoms with Crippen LogP contribution in [0.5, 0.6) is 0 Å². The predicted octanol–water partition coefficient (Wildman–Crippen LogP) is 3.70. The molecule has 3 N–H and O–H groups in total. The zero-order valence-electron chi connectivity index (χ0n) is 18.9. The Labute approximate surface area is 201 Å². The van der Waals surface area contributed by atoms with E-state index >= 15 is 0 Å². The van der Waals surface area contributed by atoms with Gasteiger partial charge in [0.05, 0.1) is 11.6 Å². The highest BCUT2D eigenvalue weighted by molar-refractivity contribution is 5.77. The Hall–Kier alpha value is -3.94. The third-order valence-electron chi connectivity index (χ3n) is 6.11. The van der Waals surface area contributed by atoms with E-state index in [1.807, 2.05) is 0 Å². The van der Waals surface area contributed by atoms with Gasteiger partial charge < -0.3 is 11.1 Å². The number of hydrogen-bond acceptors (Lipinski definition) is 7. The van der Waals surface area contributed by atoms with Crippen LogP contribution in [0.1, 0.15) is 30.1 Å². The summed E-state index contributed by atoms with van der Waals surface area (Å²) in [6.45, 7) is 2.75. The third-order valence-corrected chi connectivity index (χ3v) is 6.11. The maximum atomic E-state index is 14.7. The average molecular weight is 505 g/mol. The van der Waals surface area contributed by atoms with Crippen LogP contribution in [0.3, 0.4) is 0 Å². The molecular weight excluding hydrogens is 485 g/mol. The predicted molar refractivity (Wildman–Crippen MR) is 119 cm³/mol. The third kappa shape index (κ3) is 4.17. The van der Waals surface area contributed by atoms with Crippen molar-refractivity contribution in [2.75, 3.05) is 18.8 Å². The van der Waals surface area contributed by atoms with E-state index < -0.39 is 23.5 Å². The molecule has 0 unspecified atom stereocenters. The molecule has 4 aromatic rings. The van der Waals surface area contributed by atoms with Gasteiger partial charge in [0.25, 0.3) is 0 Å². The second-order valence-corrected chi connectivity index (χ2v) is 8.45. The monoisotopic (exact) mass is 505 g/mol. The highest BCUT2D eigenvalue weighted by atomic mass is 19.4. The number of aromatic nitrogens is 7. The lowest BCUT2D eigenvalue weighted by molar-refractivity contribution is -0.141. The number of alkyl halides is 3. The van der Waals surface area contributed by atoms with E-state index in [0.717, 1.165) is 4.68 Å². The minimum Gasteiger partial charge on any atom is -0.383 e. The highest BCUT2D eigenvalue weighted by Crippen LogP contribution is 2.39. The van der Waals surface area contributed by atoms with Crippen molar-refractivity contribution in [1.82, 2.24) is 40.3 Å². The summed E-state index contributed by atoms with van der Waals surface area (Å²) in [5.74, 6) is -2.49. The molecule has 0 spiro atoms. The molecule has 188 valence electrons. The standard InChI is InChI=1S/C22H20F5N9/c1-11-2-3-16(18(24)17(11)23)36-21(31-33-34-36)14-8-12(9-30-20(14)28)15-10-35(13-4-6-29-7-5-13)32-19(15)22(25,26)27/h2-3,8-10,13,29H,4-7H2,1H3,(H2,28,30). The Morgan fingerprint density at radius 1 is 1.08 bits per heavy atom. The van der Waals surface area contributed by atoms with Gasteiger partial charge >= 0.3 is 6.18 Å². The van der Waals surface area contributed by atoms with E-state index in [4.69, 9.17) is 5.73 Å². The molecule has 1 fully saturated rings. The van der Waals surface area contributed by atoms with Gasteiger partial charge in [-0.15, -0.1) is 5.10 Å². The number of tetrazole rings is 1. The SMILES string of the molecule is Cc1ccc(-n2nnnc2-c2cc(-c3cn(C4CCNCC4)nc3C(F)(F)F)cnc2N)c(F)c1F. The fourth-order valence-corrected chi connectivity index (χ4v) is 4.19. The number of hydrogen-bond donors (Lipinski definition) is 2. The maximum absolute atomic E-state index is 14.7. The molecule has 9 nitrogen and oxygen atoms in total. The summed E-state index contributed by atoms with van der Waals surface area (Å²) in [6.07, 6.45) is -0.917. The van der Waals surface area contributed by atoms with Crippen molar-refractivity contribution in [3.8, 4) is 28.2 Å². The largest absolute Gasteiger partial charge is 0.435 e. The van der Waals surface area contributed by atoms with Crippen LogP contribution in [0, 0.1) is 18.6 Å². The number of nitrogens with zero attached hydrogens (tertiary/aromatic N) is 7. The summed E-state index contributed by atoms with van der Waals surface area (Å²) < 4.78 is 72.8. The molecule has 1 saturated heterocycles. The topological polar surface area (TPSA) is 112 Å². The normalized spacial score (nSPS) is 14.9. The Balaban J connectivity index is 1.62. The number of pyridine rings is 1. The second kappa shape index (κ2) is 8.93. The zero-order valence-corrected chi connectivity index (χ0v) is 18.9. The van der Waals surface area contributed by atoms with Crippen LogP contribution in [0.25, 0.3) is 28.2 Å². The minimum absolute atomic E-state index is 0.0422. The van der Waals surface area contributed by atoms with Crippen molar-refractivity contribution >= 4 is 5.82 Å². The summed E-state index contributed by atoms with van der Waals surface area (Å²) >= 11 is 0. The summed E-state index contributed by atoms with van der Waals surface area (Å²) in [6, 6.07) is 3.77.